The van der Waals surface area contributed by atoms with Crippen LogP contribution in [0.2, 0.25) is 0 Å². The van der Waals surface area contributed by atoms with E-state index in [1.165, 1.54) is 27.5 Å². The summed E-state index contributed by atoms with van der Waals surface area (Å²) in [5, 5.41) is 5.24. The standard InChI is InChI=1S/C19H19N3O2S/c1-12-8-13(2)18(14(3)9-12)15-11-25-19(20-15)21-16(23)10-22-7-5-4-6-17(22)24/h4-9,11H,10H2,1-3H3,(H,20,21,23). The molecule has 0 aliphatic rings. The largest absolute Gasteiger partial charge is 0.306 e. The monoisotopic (exact) mass is 353 g/mol. The molecule has 0 bridgehead atoms. The van der Waals surface area contributed by atoms with E-state index in [1.807, 2.05) is 5.38 Å². The minimum atomic E-state index is -0.272. The van der Waals surface area contributed by atoms with Gasteiger partial charge in [-0.25, -0.2) is 4.98 Å². The molecule has 1 aromatic carbocycles. The van der Waals surface area contributed by atoms with E-state index in [0.29, 0.717) is 5.13 Å². The average Bonchev–Trinajstić information content (AvgIpc) is 2.96. The van der Waals surface area contributed by atoms with Gasteiger partial charge in [-0.1, -0.05) is 23.8 Å². The van der Waals surface area contributed by atoms with Crippen LogP contribution in [0.3, 0.4) is 0 Å². The molecule has 0 spiro atoms. The normalized spacial score (nSPS) is 10.7. The number of thiazole rings is 1. The number of anilines is 1. The first-order valence-electron chi connectivity index (χ1n) is 7.93. The summed E-state index contributed by atoms with van der Waals surface area (Å²) in [6, 6.07) is 9.05. The SMILES string of the molecule is Cc1cc(C)c(-c2csc(NC(=O)Cn3ccccc3=O)n2)c(C)c1. The van der Waals surface area contributed by atoms with Gasteiger partial charge in [-0.2, -0.15) is 0 Å². The Labute approximate surface area is 150 Å². The van der Waals surface area contributed by atoms with Crippen LogP contribution >= 0.6 is 11.3 Å². The summed E-state index contributed by atoms with van der Waals surface area (Å²) in [6.07, 6.45) is 1.59. The van der Waals surface area contributed by atoms with Crippen molar-refractivity contribution in [3.05, 3.63) is 69.0 Å². The number of aromatic nitrogens is 2. The maximum atomic E-state index is 12.2. The molecule has 3 rings (SSSR count). The molecular weight excluding hydrogens is 334 g/mol. The molecule has 0 saturated carbocycles. The molecule has 1 N–H and O–H groups in total. The van der Waals surface area contributed by atoms with Crippen LogP contribution in [0, 0.1) is 20.8 Å². The zero-order chi connectivity index (χ0) is 18.0. The fraction of sp³-hybridized carbons (Fsp3) is 0.211. The highest BCUT2D eigenvalue weighted by Gasteiger charge is 2.12. The van der Waals surface area contributed by atoms with Gasteiger partial charge in [0, 0.05) is 23.2 Å². The first kappa shape index (κ1) is 17.1. The van der Waals surface area contributed by atoms with Crippen LogP contribution in [0.25, 0.3) is 11.3 Å². The number of nitrogens with one attached hydrogen (secondary N) is 1. The summed E-state index contributed by atoms with van der Waals surface area (Å²) in [6.45, 7) is 6.17. The smallest absolute Gasteiger partial charge is 0.250 e. The van der Waals surface area contributed by atoms with Crippen molar-refractivity contribution >= 4 is 22.4 Å². The quantitative estimate of drug-likeness (QED) is 0.780. The topological polar surface area (TPSA) is 64.0 Å². The Morgan fingerprint density at radius 3 is 2.60 bits per heavy atom. The van der Waals surface area contributed by atoms with E-state index in [9.17, 15) is 9.59 Å². The van der Waals surface area contributed by atoms with Gasteiger partial charge in [-0.15, -0.1) is 11.3 Å². The fourth-order valence-electron chi connectivity index (χ4n) is 2.93. The molecule has 5 nitrogen and oxygen atoms in total. The molecule has 0 fully saturated rings. The van der Waals surface area contributed by atoms with Crippen LogP contribution in [0.1, 0.15) is 16.7 Å². The molecule has 2 heterocycles. The predicted molar refractivity (Wildman–Crippen MR) is 101 cm³/mol. The molecular formula is C19H19N3O2S. The zero-order valence-corrected chi connectivity index (χ0v) is 15.2. The van der Waals surface area contributed by atoms with Gasteiger partial charge in [0.05, 0.1) is 5.69 Å². The number of carbonyl (C=O) groups is 1. The molecule has 0 radical (unpaired) electrons. The van der Waals surface area contributed by atoms with E-state index in [1.54, 1.807) is 18.3 Å². The van der Waals surface area contributed by atoms with E-state index < -0.39 is 0 Å². The van der Waals surface area contributed by atoms with Gasteiger partial charge in [-0.05, 0) is 38.0 Å². The molecule has 0 unspecified atom stereocenters. The Hall–Kier alpha value is -2.73. The zero-order valence-electron chi connectivity index (χ0n) is 14.4. The number of carbonyl (C=O) groups excluding carboxylic acids is 1. The summed E-state index contributed by atoms with van der Waals surface area (Å²) in [5.41, 5.74) is 5.29. The van der Waals surface area contributed by atoms with Crippen LogP contribution in [-0.2, 0) is 11.3 Å². The number of rotatable bonds is 4. The van der Waals surface area contributed by atoms with Crippen molar-refractivity contribution < 1.29 is 4.79 Å². The van der Waals surface area contributed by atoms with Crippen LogP contribution < -0.4 is 10.9 Å². The van der Waals surface area contributed by atoms with Crippen molar-refractivity contribution in [3.63, 3.8) is 0 Å². The number of pyridine rings is 1. The van der Waals surface area contributed by atoms with E-state index in [-0.39, 0.29) is 18.0 Å². The lowest BCUT2D eigenvalue weighted by Gasteiger charge is -2.09. The third-order valence-electron chi connectivity index (χ3n) is 3.90. The van der Waals surface area contributed by atoms with Gasteiger partial charge in [0.15, 0.2) is 5.13 Å². The number of hydrogen-bond acceptors (Lipinski definition) is 4. The van der Waals surface area contributed by atoms with E-state index in [2.05, 4.69) is 43.2 Å². The third-order valence-corrected chi connectivity index (χ3v) is 4.65. The van der Waals surface area contributed by atoms with Crippen molar-refractivity contribution in [3.8, 4) is 11.3 Å². The lowest BCUT2D eigenvalue weighted by molar-refractivity contribution is -0.116. The van der Waals surface area contributed by atoms with Gasteiger partial charge in [0.25, 0.3) is 5.56 Å². The predicted octanol–water partition coefficient (Wildman–Crippen LogP) is 3.54. The number of hydrogen-bond donors (Lipinski definition) is 1. The molecule has 0 atom stereocenters. The van der Waals surface area contributed by atoms with Crippen LogP contribution in [0.5, 0.6) is 0 Å². The summed E-state index contributed by atoms with van der Waals surface area (Å²) < 4.78 is 1.36. The summed E-state index contributed by atoms with van der Waals surface area (Å²) in [5.74, 6) is -0.272. The summed E-state index contributed by atoms with van der Waals surface area (Å²) >= 11 is 1.38. The summed E-state index contributed by atoms with van der Waals surface area (Å²) in [7, 11) is 0. The van der Waals surface area contributed by atoms with Gasteiger partial charge in [0.1, 0.15) is 6.54 Å². The lowest BCUT2D eigenvalue weighted by atomic mass is 9.98. The van der Waals surface area contributed by atoms with Crippen LogP contribution in [-0.4, -0.2) is 15.5 Å². The minimum Gasteiger partial charge on any atom is -0.306 e. The molecule has 128 valence electrons. The maximum absolute atomic E-state index is 12.2. The van der Waals surface area contributed by atoms with E-state index in [4.69, 9.17) is 0 Å². The Balaban J connectivity index is 1.77. The minimum absolute atomic E-state index is 0.0306. The maximum Gasteiger partial charge on any atom is 0.250 e. The molecule has 0 aliphatic heterocycles. The highest BCUT2D eigenvalue weighted by Crippen LogP contribution is 2.30. The Bertz CT molecular complexity index is 965. The highest BCUT2D eigenvalue weighted by atomic mass is 32.1. The molecule has 6 heteroatoms. The molecule has 0 saturated heterocycles. The first-order valence-corrected chi connectivity index (χ1v) is 8.81. The van der Waals surface area contributed by atoms with Crippen molar-refractivity contribution in [1.29, 1.82) is 0 Å². The fourth-order valence-corrected chi connectivity index (χ4v) is 3.65. The number of aryl methyl sites for hydroxylation is 3. The Morgan fingerprint density at radius 2 is 1.92 bits per heavy atom. The molecule has 0 aliphatic carbocycles. The second-order valence-electron chi connectivity index (χ2n) is 6.03. The molecule has 25 heavy (non-hydrogen) atoms. The molecule has 1 amide bonds. The first-order chi connectivity index (χ1) is 11.9. The van der Waals surface area contributed by atoms with E-state index >= 15 is 0 Å². The van der Waals surface area contributed by atoms with E-state index in [0.717, 1.165) is 22.4 Å². The van der Waals surface area contributed by atoms with Gasteiger partial charge < -0.3 is 9.88 Å². The second kappa shape index (κ2) is 7.03. The van der Waals surface area contributed by atoms with Crippen LogP contribution in [0.4, 0.5) is 5.13 Å². The van der Waals surface area contributed by atoms with Gasteiger partial charge in [-0.3, -0.25) is 9.59 Å². The van der Waals surface area contributed by atoms with Crippen LogP contribution in [0.15, 0.2) is 46.7 Å². The summed E-state index contributed by atoms with van der Waals surface area (Å²) in [4.78, 5) is 28.4. The molecule has 2 aromatic heterocycles. The van der Waals surface area contributed by atoms with Crippen molar-refractivity contribution in [2.45, 2.75) is 27.3 Å². The van der Waals surface area contributed by atoms with Crippen molar-refractivity contribution in [1.82, 2.24) is 9.55 Å². The number of nitrogens with zero attached hydrogens (tertiary/aromatic N) is 2. The average molecular weight is 353 g/mol. The highest BCUT2D eigenvalue weighted by molar-refractivity contribution is 7.14. The van der Waals surface area contributed by atoms with Gasteiger partial charge in [0.2, 0.25) is 5.91 Å². The number of amides is 1. The lowest BCUT2D eigenvalue weighted by Crippen LogP contribution is -2.26. The number of benzene rings is 1. The van der Waals surface area contributed by atoms with Gasteiger partial charge >= 0.3 is 0 Å². The Morgan fingerprint density at radius 1 is 1.20 bits per heavy atom. The Kier molecular flexibility index (Phi) is 4.81. The third kappa shape index (κ3) is 3.85. The molecule has 3 aromatic rings. The second-order valence-corrected chi connectivity index (χ2v) is 6.88. The van der Waals surface area contributed by atoms with Crippen molar-refractivity contribution in [2.75, 3.05) is 5.32 Å². The van der Waals surface area contributed by atoms with Crippen molar-refractivity contribution in [2.24, 2.45) is 0 Å².